The minimum absolute atomic E-state index is 0.00510. The van der Waals surface area contributed by atoms with E-state index in [0.29, 0.717) is 13.1 Å². The Bertz CT molecular complexity index is 772. The number of hydrogen-bond donors (Lipinski definition) is 1. The number of amides is 1. The van der Waals surface area contributed by atoms with Gasteiger partial charge >= 0.3 is 0 Å². The molecule has 1 aliphatic rings. The molecule has 0 unspecified atom stereocenters. The molecule has 1 saturated heterocycles. The molecular weight excluding hydrogens is 346 g/mol. The number of rotatable bonds is 3. The molecule has 0 saturated carbocycles. The molecule has 3 nitrogen and oxygen atoms in total. The number of nitrogens with zero attached hydrogens (tertiary/aromatic N) is 1. The van der Waals surface area contributed by atoms with Crippen LogP contribution in [0.1, 0.15) is 28.8 Å². The Morgan fingerprint density at radius 3 is 2.36 bits per heavy atom. The summed E-state index contributed by atoms with van der Waals surface area (Å²) in [6, 6.07) is 10.2. The van der Waals surface area contributed by atoms with Gasteiger partial charge in [-0.3, -0.25) is 4.79 Å². The number of halogens is 3. The van der Waals surface area contributed by atoms with Crippen LogP contribution in [0.25, 0.3) is 0 Å². The SMILES string of the molecule is Cc1ccc(NC2CCN(C(=O)c3cc(F)c(F)cc3Cl)CC2)cc1. The van der Waals surface area contributed by atoms with Gasteiger partial charge in [0.25, 0.3) is 5.91 Å². The molecule has 1 N–H and O–H groups in total. The third-order valence-electron chi connectivity index (χ3n) is 4.44. The molecule has 0 aromatic heterocycles. The summed E-state index contributed by atoms with van der Waals surface area (Å²) in [5.41, 5.74) is 2.26. The van der Waals surface area contributed by atoms with Crippen molar-refractivity contribution < 1.29 is 13.6 Å². The van der Waals surface area contributed by atoms with E-state index in [-0.39, 0.29) is 22.5 Å². The van der Waals surface area contributed by atoms with Crippen molar-refractivity contribution in [2.75, 3.05) is 18.4 Å². The summed E-state index contributed by atoms with van der Waals surface area (Å²) >= 11 is 5.90. The van der Waals surface area contributed by atoms with E-state index in [0.717, 1.165) is 30.7 Å². The average molecular weight is 365 g/mol. The van der Waals surface area contributed by atoms with Crippen LogP contribution in [0.2, 0.25) is 5.02 Å². The summed E-state index contributed by atoms with van der Waals surface area (Å²) < 4.78 is 26.6. The fourth-order valence-electron chi connectivity index (χ4n) is 2.97. The maximum atomic E-state index is 13.4. The number of likely N-dealkylation sites (tertiary alicyclic amines) is 1. The van der Waals surface area contributed by atoms with Crippen molar-refractivity contribution in [2.24, 2.45) is 0 Å². The van der Waals surface area contributed by atoms with E-state index in [9.17, 15) is 13.6 Å². The second-order valence-electron chi connectivity index (χ2n) is 6.32. The standard InChI is InChI=1S/C19H19ClF2N2O/c1-12-2-4-13(5-3-12)23-14-6-8-24(9-7-14)19(25)15-10-17(21)18(22)11-16(15)20/h2-5,10-11,14,23H,6-9H2,1H3. The van der Waals surface area contributed by atoms with Gasteiger partial charge in [0, 0.05) is 24.8 Å². The molecule has 0 radical (unpaired) electrons. The van der Waals surface area contributed by atoms with Gasteiger partial charge in [-0.2, -0.15) is 0 Å². The minimum Gasteiger partial charge on any atom is -0.382 e. The van der Waals surface area contributed by atoms with Crippen LogP contribution in [0.5, 0.6) is 0 Å². The topological polar surface area (TPSA) is 32.3 Å². The summed E-state index contributed by atoms with van der Waals surface area (Å²) in [5.74, 6) is -2.48. The van der Waals surface area contributed by atoms with E-state index in [2.05, 4.69) is 5.32 Å². The Morgan fingerprint density at radius 2 is 1.72 bits per heavy atom. The van der Waals surface area contributed by atoms with Gasteiger partial charge in [-0.15, -0.1) is 0 Å². The van der Waals surface area contributed by atoms with Crippen LogP contribution in [-0.2, 0) is 0 Å². The number of anilines is 1. The van der Waals surface area contributed by atoms with Crippen LogP contribution in [0, 0.1) is 18.6 Å². The number of carbonyl (C=O) groups is 1. The quantitative estimate of drug-likeness (QED) is 0.804. The Labute approximate surface area is 150 Å². The van der Waals surface area contributed by atoms with Crippen molar-refractivity contribution in [1.82, 2.24) is 4.90 Å². The molecule has 1 amide bonds. The number of carbonyl (C=O) groups excluding carboxylic acids is 1. The maximum Gasteiger partial charge on any atom is 0.255 e. The third-order valence-corrected chi connectivity index (χ3v) is 4.76. The predicted octanol–water partition coefficient (Wildman–Crippen LogP) is 4.64. The smallest absolute Gasteiger partial charge is 0.255 e. The zero-order valence-electron chi connectivity index (χ0n) is 13.9. The van der Waals surface area contributed by atoms with E-state index in [1.54, 1.807) is 4.90 Å². The Kier molecular flexibility index (Phi) is 5.23. The van der Waals surface area contributed by atoms with Crippen molar-refractivity contribution in [2.45, 2.75) is 25.8 Å². The number of nitrogens with one attached hydrogen (secondary N) is 1. The molecule has 1 heterocycles. The van der Waals surface area contributed by atoms with Gasteiger partial charge in [0.2, 0.25) is 0 Å². The van der Waals surface area contributed by atoms with Crippen LogP contribution in [-0.4, -0.2) is 29.9 Å². The summed E-state index contributed by atoms with van der Waals surface area (Å²) in [5, 5.41) is 3.40. The molecule has 3 rings (SSSR count). The van der Waals surface area contributed by atoms with Gasteiger partial charge in [-0.25, -0.2) is 8.78 Å². The van der Waals surface area contributed by atoms with Crippen LogP contribution >= 0.6 is 11.6 Å². The van der Waals surface area contributed by atoms with Gasteiger partial charge in [-0.05, 0) is 44.0 Å². The number of piperidine rings is 1. The second kappa shape index (κ2) is 7.40. The molecule has 1 fully saturated rings. The van der Waals surface area contributed by atoms with Gasteiger partial charge in [0.15, 0.2) is 11.6 Å². The lowest BCUT2D eigenvalue weighted by molar-refractivity contribution is 0.0718. The third kappa shape index (κ3) is 4.10. The predicted molar refractivity (Wildman–Crippen MR) is 95.1 cm³/mol. The molecule has 132 valence electrons. The Balaban J connectivity index is 1.61. The zero-order chi connectivity index (χ0) is 18.0. The molecule has 6 heteroatoms. The van der Waals surface area contributed by atoms with Crippen LogP contribution in [0.4, 0.5) is 14.5 Å². The summed E-state index contributed by atoms with van der Waals surface area (Å²) in [4.78, 5) is 14.1. The van der Waals surface area contributed by atoms with E-state index in [1.807, 2.05) is 31.2 Å². The zero-order valence-corrected chi connectivity index (χ0v) is 14.6. The first-order valence-electron chi connectivity index (χ1n) is 8.21. The number of benzene rings is 2. The molecule has 0 aliphatic carbocycles. The van der Waals surface area contributed by atoms with Gasteiger partial charge in [0.1, 0.15) is 0 Å². The van der Waals surface area contributed by atoms with E-state index < -0.39 is 11.6 Å². The van der Waals surface area contributed by atoms with Crippen molar-refractivity contribution >= 4 is 23.2 Å². The molecule has 2 aromatic carbocycles. The summed E-state index contributed by atoms with van der Waals surface area (Å²) in [6.45, 7) is 3.12. The van der Waals surface area contributed by atoms with Gasteiger partial charge in [-0.1, -0.05) is 29.3 Å². The lowest BCUT2D eigenvalue weighted by Gasteiger charge is -2.33. The molecule has 0 spiro atoms. The fourth-order valence-corrected chi connectivity index (χ4v) is 3.20. The Hall–Kier alpha value is -2.14. The highest BCUT2D eigenvalue weighted by Crippen LogP contribution is 2.24. The molecule has 2 aromatic rings. The second-order valence-corrected chi connectivity index (χ2v) is 6.73. The maximum absolute atomic E-state index is 13.4. The van der Waals surface area contributed by atoms with Crippen LogP contribution in [0.3, 0.4) is 0 Å². The highest BCUT2D eigenvalue weighted by atomic mass is 35.5. The largest absolute Gasteiger partial charge is 0.382 e. The minimum atomic E-state index is -1.07. The monoisotopic (exact) mass is 364 g/mol. The fraction of sp³-hybridized carbons (Fsp3) is 0.316. The molecular formula is C19H19ClF2N2O. The lowest BCUT2D eigenvalue weighted by atomic mass is 10.0. The lowest BCUT2D eigenvalue weighted by Crippen LogP contribution is -2.42. The van der Waals surface area contributed by atoms with Crippen molar-refractivity contribution in [3.05, 3.63) is 64.2 Å². The number of aryl methyl sites for hydroxylation is 1. The van der Waals surface area contributed by atoms with E-state index in [4.69, 9.17) is 11.6 Å². The van der Waals surface area contributed by atoms with Gasteiger partial charge < -0.3 is 10.2 Å². The normalized spacial score (nSPS) is 15.3. The average Bonchev–Trinajstić information content (AvgIpc) is 2.60. The Morgan fingerprint density at radius 1 is 1.12 bits per heavy atom. The molecule has 0 atom stereocenters. The van der Waals surface area contributed by atoms with Gasteiger partial charge in [0.05, 0.1) is 10.6 Å². The first kappa shape index (κ1) is 17.7. The molecule has 25 heavy (non-hydrogen) atoms. The summed E-state index contributed by atoms with van der Waals surface area (Å²) in [6.07, 6.45) is 1.56. The van der Waals surface area contributed by atoms with Crippen molar-refractivity contribution in [1.29, 1.82) is 0 Å². The van der Waals surface area contributed by atoms with Crippen molar-refractivity contribution in [3.63, 3.8) is 0 Å². The van der Waals surface area contributed by atoms with Crippen molar-refractivity contribution in [3.8, 4) is 0 Å². The van der Waals surface area contributed by atoms with E-state index >= 15 is 0 Å². The summed E-state index contributed by atoms with van der Waals surface area (Å²) in [7, 11) is 0. The molecule has 0 bridgehead atoms. The number of hydrogen-bond acceptors (Lipinski definition) is 2. The van der Waals surface area contributed by atoms with Crippen LogP contribution < -0.4 is 5.32 Å². The van der Waals surface area contributed by atoms with Crippen LogP contribution in [0.15, 0.2) is 36.4 Å². The first-order valence-corrected chi connectivity index (χ1v) is 8.59. The molecule has 1 aliphatic heterocycles. The van der Waals surface area contributed by atoms with E-state index in [1.165, 1.54) is 5.56 Å². The highest BCUT2D eigenvalue weighted by molar-refractivity contribution is 6.33. The first-order chi connectivity index (χ1) is 11.9. The highest BCUT2D eigenvalue weighted by Gasteiger charge is 2.25.